The van der Waals surface area contributed by atoms with Crippen LogP contribution in [-0.4, -0.2) is 11.9 Å². The van der Waals surface area contributed by atoms with Crippen molar-refractivity contribution in [1.29, 1.82) is 0 Å². The molecule has 0 aromatic heterocycles. The van der Waals surface area contributed by atoms with Crippen molar-refractivity contribution in [2.75, 3.05) is 0 Å². The molecule has 3 rings (SSSR count). The number of hydrogen-bond acceptors (Lipinski definition) is 4. The number of carbonyl (C=O) groups excluding carboxylic acids is 2. The highest BCUT2D eigenvalue weighted by atomic mass is 19.1. The zero-order valence-electron chi connectivity index (χ0n) is 18.7. The summed E-state index contributed by atoms with van der Waals surface area (Å²) in [5.74, 6) is -1.45. The van der Waals surface area contributed by atoms with Gasteiger partial charge in [-0.1, -0.05) is 79.9 Å². The number of hydrogen-bond donors (Lipinski definition) is 0. The van der Waals surface area contributed by atoms with Gasteiger partial charge in [-0.2, -0.15) is 0 Å². The minimum Gasteiger partial charge on any atom is -0.423 e. The monoisotopic (exact) mass is 454 g/mol. The third kappa shape index (κ3) is 7.00. The zero-order chi connectivity index (χ0) is 24.5. The van der Waals surface area contributed by atoms with Crippen molar-refractivity contribution in [2.45, 2.75) is 6.92 Å². The van der Waals surface area contributed by atoms with Crippen LogP contribution in [0, 0.1) is 5.82 Å². The standard InChI is InChI=1S/C29H23FO4/c1-4-28(31)33-25-16-13-23(14-17-25)10-9-21-5-7-22(8-6-21)11-12-24-15-18-27(26(30)19-24)34-29(32)20(2)3/h4-19H,1-2H2,3H3/b10-9+,12-11+. The lowest BCUT2D eigenvalue weighted by Crippen LogP contribution is -2.09. The summed E-state index contributed by atoms with van der Waals surface area (Å²) < 4.78 is 24.2. The summed E-state index contributed by atoms with van der Waals surface area (Å²) in [5, 5.41) is 0. The van der Waals surface area contributed by atoms with Crippen molar-refractivity contribution in [3.8, 4) is 11.5 Å². The van der Waals surface area contributed by atoms with E-state index in [2.05, 4.69) is 13.2 Å². The maximum atomic E-state index is 14.2. The molecule has 0 amide bonds. The van der Waals surface area contributed by atoms with Crippen molar-refractivity contribution in [2.24, 2.45) is 0 Å². The molecule has 0 aliphatic carbocycles. The molecule has 0 atom stereocenters. The lowest BCUT2D eigenvalue weighted by Gasteiger charge is -2.05. The van der Waals surface area contributed by atoms with Gasteiger partial charge < -0.3 is 9.47 Å². The topological polar surface area (TPSA) is 52.6 Å². The average molecular weight is 454 g/mol. The Labute approximate surface area is 198 Å². The van der Waals surface area contributed by atoms with Gasteiger partial charge in [0.25, 0.3) is 0 Å². The van der Waals surface area contributed by atoms with Crippen molar-refractivity contribution in [1.82, 2.24) is 0 Å². The number of esters is 2. The van der Waals surface area contributed by atoms with E-state index in [0.29, 0.717) is 11.3 Å². The van der Waals surface area contributed by atoms with Crippen LogP contribution >= 0.6 is 0 Å². The van der Waals surface area contributed by atoms with E-state index in [4.69, 9.17) is 9.47 Å². The van der Waals surface area contributed by atoms with E-state index in [0.717, 1.165) is 22.8 Å². The van der Waals surface area contributed by atoms with Crippen molar-refractivity contribution >= 4 is 36.2 Å². The van der Waals surface area contributed by atoms with Crippen LogP contribution in [-0.2, 0) is 9.59 Å². The lowest BCUT2D eigenvalue weighted by atomic mass is 10.1. The summed E-state index contributed by atoms with van der Waals surface area (Å²) in [6, 6.07) is 19.4. The summed E-state index contributed by atoms with van der Waals surface area (Å²) in [7, 11) is 0. The Morgan fingerprint density at radius 3 is 1.71 bits per heavy atom. The highest BCUT2D eigenvalue weighted by Crippen LogP contribution is 2.21. The Morgan fingerprint density at radius 1 is 0.765 bits per heavy atom. The minimum absolute atomic E-state index is 0.131. The predicted octanol–water partition coefficient (Wildman–Crippen LogP) is 6.74. The van der Waals surface area contributed by atoms with Crippen LogP contribution in [0.3, 0.4) is 0 Å². The molecule has 3 aromatic rings. The predicted molar refractivity (Wildman–Crippen MR) is 133 cm³/mol. The van der Waals surface area contributed by atoms with Gasteiger partial charge in [0, 0.05) is 11.6 Å². The maximum Gasteiger partial charge on any atom is 0.338 e. The molecule has 0 spiro atoms. The Morgan fingerprint density at radius 2 is 1.24 bits per heavy atom. The molecule has 0 N–H and O–H groups in total. The summed E-state index contributed by atoms with van der Waals surface area (Å²) in [4.78, 5) is 22.8. The third-order valence-corrected chi connectivity index (χ3v) is 4.65. The molecule has 0 saturated heterocycles. The Hall–Kier alpha value is -4.51. The van der Waals surface area contributed by atoms with Gasteiger partial charge in [0.1, 0.15) is 5.75 Å². The quantitative estimate of drug-likeness (QED) is 0.164. The largest absolute Gasteiger partial charge is 0.423 e. The van der Waals surface area contributed by atoms with E-state index in [-0.39, 0.29) is 11.3 Å². The number of carbonyl (C=O) groups is 2. The van der Waals surface area contributed by atoms with Crippen molar-refractivity contribution in [3.05, 3.63) is 120 Å². The first-order chi connectivity index (χ1) is 16.3. The normalized spacial score (nSPS) is 10.9. The van der Waals surface area contributed by atoms with Gasteiger partial charge in [-0.15, -0.1) is 0 Å². The van der Waals surface area contributed by atoms with Gasteiger partial charge in [0.15, 0.2) is 11.6 Å². The van der Waals surface area contributed by atoms with Gasteiger partial charge in [0.2, 0.25) is 0 Å². The molecule has 0 unspecified atom stereocenters. The number of halogens is 1. The second kappa shape index (κ2) is 11.4. The Kier molecular flexibility index (Phi) is 8.08. The fourth-order valence-corrected chi connectivity index (χ4v) is 2.80. The maximum absolute atomic E-state index is 14.2. The van der Waals surface area contributed by atoms with Gasteiger partial charge in [-0.3, -0.25) is 0 Å². The molecule has 34 heavy (non-hydrogen) atoms. The molecule has 4 nitrogen and oxygen atoms in total. The van der Waals surface area contributed by atoms with Gasteiger partial charge >= 0.3 is 11.9 Å². The van der Waals surface area contributed by atoms with E-state index >= 15 is 0 Å². The molecule has 0 saturated carbocycles. The highest BCUT2D eigenvalue weighted by molar-refractivity contribution is 5.88. The molecule has 0 aliphatic rings. The van der Waals surface area contributed by atoms with Crippen molar-refractivity contribution < 1.29 is 23.5 Å². The second-order valence-electron chi connectivity index (χ2n) is 7.39. The van der Waals surface area contributed by atoms with E-state index in [1.165, 1.54) is 19.1 Å². The highest BCUT2D eigenvalue weighted by Gasteiger charge is 2.10. The molecule has 0 aliphatic heterocycles. The molecular formula is C29H23FO4. The summed E-state index contributed by atoms with van der Waals surface area (Å²) in [6.45, 7) is 8.35. The Bertz CT molecular complexity index is 1270. The van der Waals surface area contributed by atoms with Crippen LogP contribution in [0.1, 0.15) is 29.2 Å². The third-order valence-electron chi connectivity index (χ3n) is 4.65. The molecule has 170 valence electrons. The molecule has 0 radical (unpaired) electrons. The molecule has 3 aromatic carbocycles. The van der Waals surface area contributed by atoms with E-state index in [1.807, 2.05) is 54.6 Å². The van der Waals surface area contributed by atoms with Crippen LogP contribution < -0.4 is 9.47 Å². The van der Waals surface area contributed by atoms with Gasteiger partial charge in [-0.25, -0.2) is 14.0 Å². The SMILES string of the molecule is C=CC(=O)Oc1ccc(/C=C/c2ccc(/C=C/c3ccc(OC(=O)C(=C)C)c(F)c3)cc2)cc1. The fourth-order valence-electron chi connectivity index (χ4n) is 2.80. The lowest BCUT2D eigenvalue weighted by molar-refractivity contribution is -0.130. The first-order valence-corrected chi connectivity index (χ1v) is 10.4. The number of benzene rings is 3. The molecule has 5 heteroatoms. The average Bonchev–Trinajstić information content (AvgIpc) is 2.84. The first kappa shape index (κ1) is 24.1. The van der Waals surface area contributed by atoms with Crippen LogP contribution in [0.2, 0.25) is 0 Å². The molecule has 0 heterocycles. The molecule has 0 bridgehead atoms. The molecule has 0 fully saturated rings. The van der Waals surface area contributed by atoms with Crippen LogP contribution in [0.15, 0.2) is 91.5 Å². The first-order valence-electron chi connectivity index (χ1n) is 10.4. The fraction of sp³-hybridized carbons (Fsp3) is 0.0345. The number of ether oxygens (including phenoxy) is 2. The van der Waals surface area contributed by atoms with E-state index < -0.39 is 17.8 Å². The van der Waals surface area contributed by atoms with Crippen LogP contribution in [0.25, 0.3) is 24.3 Å². The zero-order valence-corrected chi connectivity index (χ0v) is 18.7. The molecular weight excluding hydrogens is 431 g/mol. The Balaban J connectivity index is 1.60. The van der Waals surface area contributed by atoms with E-state index in [1.54, 1.807) is 24.3 Å². The summed E-state index contributed by atoms with van der Waals surface area (Å²) in [5.41, 5.74) is 3.75. The smallest absolute Gasteiger partial charge is 0.338 e. The second-order valence-corrected chi connectivity index (χ2v) is 7.39. The van der Waals surface area contributed by atoms with Crippen LogP contribution in [0.5, 0.6) is 11.5 Å². The summed E-state index contributed by atoms with van der Waals surface area (Å²) in [6.07, 6.45) is 8.68. The van der Waals surface area contributed by atoms with Crippen molar-refractivity contribution in [3.63, 3.8) is 0 Å². The summed E-state index contributed by atoms with van der Waals surface area (Å²) >= 11 is 0. The van der Waals surface area contributed by atoms with Crippen LogP contribution in [0.4, 0.5) is 4.39 Å². The number of rotatable bonds is 8. The van der Waals surface area contributed by atoms with Gasteiger partial charge in [-0.05, 0) is 53.4 Å². The van der Waals surface area contributed by atoms with Gasteiger partial charge in [0.05, 0.1) is 0 Å². The minimum atomic E-state index is -0.664. The van der Waals surface area contributed by atoms with E-state index in [9.17, 15) is 14.0 Å².